The van der Waals surface area contributed by atoms with E-state index in [2.05, 4.69) is 4.98 Å². The number of thiophene rings is 1. The van der Waals surface area contributed by atoms with Crippen molar-refractivity contribution in [3.8, 4) is 5.75 Å². The van der Waals surface area contributed by atoms with Crippen molar-refractivity contribution in [2.24, 2.45) is 0 Å². The Morgan fingerprint density at radius 1 is 1.20 bits per heavy atom. The van der Waals surface area contributed by atoms with Crippen molar-refractivity contribution < 1.29 is 9.84 Å². The lowest BCUT2D eigenvalue weighted by Crippen LogP contribution is -1.99. The summed E-state index contributed by atoms with van der Waals surface area (Å²) >= 11 is 1.49. The van der Waals surface area contributed by atoms with Crippen LogP contribution in [0.3, 0.4) is 0 Å². The summed E-state index contributed by atoms with van der Waals surface area (Å²) < 4.78 is 5.27. The average molecular weight is 285 g/mol. The van der Waals surface area contributed by atoms with Crippen LogP contribution in [0.2, 0.25) is 0 Å². The first-order valence-electron chi connectivity index (χ1n) is 6.36. The molecule has 0 saturated heterocycles. The number of aliphatic hydroxyl groups excluding tert-OH is 1. The molecule has 0 saturated carbocycles. The first-order valence-corrected chi connectivity index (χ1v) is 7.24. The Bertz CT molecular complexity index is 751. The molecule has 0 aliphatic carbocycles. The van der Waals surface area contributed by atoms with Gasteiger partial charge in [-0.25, -0.2) is 0 Å². The molecule has 0 spiro atoms. The number of aromatic nitrogens is 1. The van der Waals surface area contributed by atoms with Crippen molar-refractivity contribution in [3.05, 3.63) is 57.9 Å². The Labute approximate surface area is 121 Å². The summed E-state index contributed by atoms with van der Waals surface area (Å²) in [6.45, 7) is 1.97. The number of ether oxygens (including phenoxy) is 1. The van der Waals surface area contributed by atoms with Gasteiger partial charge in [-0.1, -0.05) is 12.1 Å². The summed E-state index contributed by atoms with van der Waals surface area (Å²) in [6, 6.07) is 11.7. The van der Waals surface area contributed by atoms with Crippen molar-refractivity contribution in [1.82, 2.24) is 4.98 Å². The summed E-state index contributed by atoms with van der Waals surface area (Å²) in [6.07, 6.45) is -0.671. The van der Waals surface area contributed by atoms with Gasteiger partial charge < -0.3 is 9.84 Å². The van der Waals surface area contributed by atoms with Gasteiger partial charge in [0.25, 0.3) is 0 Å². The number of hydrogen-bond acceptors (Lipinski definition) is 4. The Hall–Kier alpha value is -1.91. The molecule has 102 valence electrons. The lowest BCUT2D eigenvalue weighted by Gasteiger charge is -2.12. The Morgan fingerprint density at radius 2 is 2.05 bits per heavy atom. The first kappa shape index (κ1) is 13.1. The van der Waals surface area contributed by atoms with Gasteiger partial charge in [0.15, 0.2) is 0 Å². The van der Waals surface area contributed by atoms with Crippen LogP contribution < -0.4 is 4.74 Å². The van der Waals surface area contributed by atoms with E-state index in [1.807, 2.05) is 48.7 Å². The van der Waals surface area contributed by atoms with Crippen LogP contribution >= 0.6 is 11.3 Å². The second-order valence-corrected chi connectivity index (χ2v) is 5.61. The van der Waals surface area contributed by atoms with E-state index in [0.717, 1.165) is 32.8 Å². The van der Waals surface area contributed by atoms with Crippen LogP contribution in [0.4, 0.5) is 0 Å². The second kappa shape index (κ2) is 5.23. The van der Waals surface area contributed by atoms with Gasteiger partial charge in [-0.2, -0.15) is 0 Å². The van der Waals surface area contributed by atoms with Crippen LogP contribution in [-0.2, 0) is 0 Å². The van der Waals surface area contributed by atoms with E-state index in [1.165, 1.54) is 11.3 Å². The number of nitrogens with zero attached hydrogens (tertiary/aromatic N) is 1. The standard InChI is InChI=1S/C16H15NO2S/c1-10-3-4-11-9-12(5-6-13(11)17-10)15(18)16-14(19-2)7-8-20-16/h3-9,15,18H,1-2H3. The fourth-order valence-electron chi connectivity index (χ4n) is 2.24. The molecular formula is C16H15NO2S. The first-order chi connectivity index (χ1) is 9.69. The molecule has 1 atom stereocenters. The lowest BCUT2D eigenvalue weighted by molar-refractivity contribution is 0.219. The summed E-state index contributed by atoms with van der Waals surface area (Å²) in [4.78, 5) is 5.29. The highest BCUT2D eigenvalue weighted by Crippen LogP contribution is 2.35. The van der Waals surface area contributed by atoms with Crippen LogP contribution in [0, 0.1) is 6.92 Å². The van der Waals surface area contributed by atoms with Gasteiger partial charge in [-0.05, 0) is 42.1 Å². The maximum atomic E-state index is 10.5. The molecule has 1 unspecified atom stereocenters. The topological polar surface area (TPSA) is 42.4 Å². The minimum absolute atomic E-state index is 0.671. The van der Waals surface area contributed by atoms with Gasteiger partial charge in [0.2, 0.25) is 0 Å². The van der Waals surface area contributed by atoms with E-state index in [1.54, 1.807) is 7.11 Å². The highest BCUT2D eigenvalue weighted by Gasteiger charge is 2.17. The SMILES string of the molecule is COc1ccsc1C(O)c1ccc2nc(C)ccc2c1. The van der Waals surface area contributed by atoms with Crippen molar-refractivity contribution in [2.75, 3.05) is 7.11 Å². The molecular weight excluding hydrogens is 270 g/mol. The molecule has 0 bridgehead atoms. The fraction of sp³-hybridized carbons (Fsp3) is 0.188. The third-order valence-electron chi connectivity index (χ3n) is 3.29. The number of benzene rings is 1. The van der Waals surface area contributed by atoms with Crippen LogP contribution in [-0.4, -0.2) is 17.2 Å². The van der Waals surface area contributed by atoms with Crippen molar-refractivity contribution in [1.29, 1.82) is 0 Å². The molecule has 1 N–H and O–H groups in total. The number of aliphatic hydroxyl groups is 1. The molecule has 1 aromatic carbocycles. The molecule has 3 rings (SSSR count). The van der Waals surface area contributed by atoms with Crippen LogP contribution in [0.5, 0.6) is 5.75 Å². The van der Waals surface area contributed by atoms with Crippen molar-refractivity contribution in [3.63, 3.8) is 0 Å². The predicted molar refractivity (Wildman–Crippen MR) is 81.4 cm³/mol. The maximum Gasteiger partial charge on any atom is 0.135 e. The minimum Gasteiger partial charge on any atom is -0.495 e. The molecule has 0 amide bonds. The summed E-state index contributed by atoms with van der Waals surface area (Å²) in [5.41, 5.74) is 2.79. The zero-order valence-electron chi connectivity index (χ0n) is 11.3. The quantitative estimate of drug-likeness (QED) is 0.798. The Kier molecular flexibility index (Phi) is 3.42. The van der Waals surface area contributed by atoms with Gasteiger partial charge >= 0.3 is 0 Å². The molecule has 3 aromatic rings. The number of pyridine rings is 1. The van der Waals surface area contributed by atoms with E-state index in [9.17, 15) is 5.11 Å². The van der Waals surface area contributed by atoms with E-state index in [-0.39, 0.29) is 0 Å². The summed E-state index contributed by atoms with van der Waals surface area (Å²) in [5, 5.41) is 13.5. The highest BCUT2D eigenvalue weighted by atomic mass is 32.1. The maximum absolute atomic E-state index is 10.5. The lowest BCUT2D eigenvalue weighted by atomic mass is 10.0. The molecule has 20 heavy (non-hydrogen) atoms. The van der Waals surface area contributed by atoms with E-state index in [4.69, 9.17) is 4.74 Å². The molecule has 2 heterocycles. The predicted octanol–water partition coefficient (Wildman–Crippen LogP) is 3.70. The smallest absolute Gasteiger partial charge is 0.135 e. The third kappa shape index (κ3) is 2.28. The molecule has 0 aliphatic heterocycles. The second-order valence-electron chi connectivity index (χ2n) is 4.66. The third-order valence-corrected chi connectivity index (χ3v) is 4.24. The van der Waals surface area contributed by atoms with E-state index >= 15 is 0 Å². The average Bonchev–Trinajstić information content (AvgIpc) is 2.94. The van der Waals surface area contributed by atoms with Gasteiger partial charge in [0, 0.05) is 11.1 Å². The zero-order valence-corrected chi connectivity index (χ0v) is 12.1. The number of rotatable bonds is 3. The Balaban J connectivity index is 2.03. The number of hydrogen-bond donors (Lipinski definition) is 1. The summed E-state index contributed by atoms with van der Waals surface area (Å²) in [5.74, 6) is 0.727. The molecule has 3 nitrogen and oxygen atoms in total. The number of methoxy groups -OCH3 is 1. The monoisotopic (exact) mass is 285 g/mol. The molecule has 4 heteroatoms. The van der Waals surface area contributed by atoms with Crippen molar-refractivity contribution in [2.45, 2.75) is 13.0 Å². The minimum atomic E-state index is -0.671. The normalized spacial score (nSPS) is 12.6. The van der Waals surface area contributed by atoms with Crippen LogP contribution in [0.1, 0.15) is 22.2 Å². The molecule has 0 radical (unpaired) electrons. The van der Waals surface area contributed by atoms with E-state index in [0.29, 0.717) is 0 Å². The molecule has 0 aliphatic rings. The van der Waals surface area contributed by atoms with Gasteiger partial charge in [-0.3, -0.25) is 4.98 Å². The van der Waals surface area contributed by atoms with Gasteiger partial charge in [0.1, 0.15) is 11.9 Å². The molecule has 2 aromatic heterocycles. The van der Waals surface area contributed by atoms with Gasteiger partial charge in [0.05, 0.1) is 17.5 Å². The van der Waals surface area contributed by atoms with Crippen LogP contribution in [0.25, 0.3) is 10.9 Å². The van der Waals surface area contributed by atoms with Crippen molar-refractivity contribution >= 4 is 22.2 Å². The largest absolute Gasteiger partial charge is 0.495 e. The fourth-order valence-corrected chi connectivity index (χ4v) is 3.12. The number of fused-ring (bicyclic) bond motifs is 1. The van der Waals surface area contributed by atoms with E-state index < -0.39 is 6.10 Å². The van der Waals surface area contributed by atoms with Crippen LogP contribution in [0.15, 0.2) is 41.8 Å². The molecule has 0 fully saturated rings. The summed E-state index contributed by atoms with van der Waals surface area (Å²) in [7, 11) is 1.62. The zero-order chi connectivity index (χ0) is 14.1. The highest BCUT2D eigenvalue weighted by molar-refractivity contribution is 7.10. The number of aryl methyl sites for hydroxylation is 1. The Morgan fingerprint density at radius 3 is 2.85 bits per heavy atom. The van der Waals surface area contributed by atoms with Gasteiger partial charge in [-0.15, -0.1) is 11.3 Å².